The van der Waals surface area contributed by atoms with E-state index in [1.54, 1.807) is 26.8 Å². The van der Waals surface area contributed by atoms with Crippen LogP contribution in [-0.2, 0) is 19.0 Å². The first kappa shape index (κ1) is 38.1. The molecule has 0 aromatic heterocycles. The molecule has 15 heteroatoms. The normalized spacial score (nSPS) is 44.3. The molecule has 3 fully saturated rings. The third-order valence-electron chi connectivity index (χ3n) is 9.10. The Labute approximate surface area is 264 Å². The molecular formula is C30H55N3O12. The predicted octanol–water partition coefficient (Wildman–Crippen LogP) is -3.07. The number of aliphatic hydroxyl groups is 8. The van der Waals surface area contributed by atoms with E-state index < -0.39 is 109 Å². The van der Waals surface area contributed by atoms with Crippen LogP contribution in [0.5, 0.6) is 0 Å². The second-order valence-electron chi connectivity index (χ2n) is 13.7. The van der Waals surface area contributed by atoms with Gasteiger partial charge >= 0.3 is 0 Å². The van der Waals surface area contributed by atoms with Gasteiger partial charge in [-0.3, -0.25) is 4.79 Å². The van der Waals surface area contributed by atoms with Crippen molar-refractivity contribution in [3.05, 3.63) is 12.2 Å². The molecule has 0 radical (unpaired) electrons. The molecule has 11 unspecified atom stereocenters. The van der Waals surface area contributed by atoms with Gasteiger partial charge in [0.1, 0.15) is 18.3 Å². The van der Waals surface area contributed by atoms with Crippen molar-refractivity contribution in [3.8, 4) is 0 Å². The van der Waals surface area contributed by atoms with Crippen LogP contribution in [0.3, 0.4) is 0 Å². The molecule has 1 aliphatic carbocycles. The average Bonchev–Trinajstić information content (AvgIpc) is 2.94. The lowest BCUT2D eigenvalue weighted by molar-refractivity contribution is -0.307. The number of nitrogens with one attached hydrogen (secondary N) is 1. The summed E-state index contributed by atoms with van der Waals surface area (Å²) in [6.45, 7) is 8.93. The van der Waals surface area contributed by atoms with Crippen molar-refractivity contribution < 1.29 is 59.9 Å². The highest BCUT2D eigenvalue weighted by Crippen LogP contribution is 2.38. The fourth-order valence-electron chi connectivity index (χ4n) is 6.13. The molecule has 3 rings (SSSR count). The van der Waals surface area contributed by atoms with Crippen molar-refractivity contribution in [1.29, 1.82) is 0 Å². The number of hydrogen-bond acceptors (Lipinski definition) is 14. The van der Waals surface area contributed by atoms with E-state index in [2.05, 4.69) is 5.32 Å². The summed E-state index contributed by atoms with van der Waals surface area (Å²) >= 11 is 0. The maximum atomic E-state index is 13.7. The fourth-order valence-corrected chi connectivity index (χ4v) is 6.13. The number of ether oxygens (including phenoxy) is 3. The number of allylic oxidation sites excluding steroid dienone is 1. The molecule has 15 nitrogen and oxygen atoms in total. The third-order valence-corrected chi connectivity index (χ3v) is 9.10. The van der Waals surface area contributed by atoms with Gasteiger partial charge < -0.3 is 71.8 Å². The topological polar surface area (TPSA) is 271 Å². The van der Waals surface area contributed by atoms with Crippen molar-refractivity contribution >= 4 is 5.91 Å². The summed E-state index contributed by atoms with van der Waals surface area (Å²) in [5, 5.41) is 87.6. The van der Waals surface area contributed by atoms with Gasteiger partial charge in [0.15, 0.2) is 12.1 Å². The number of nitrogens with two attached hydrogens (primary N) is 2. The zero-order valence-electron chi connectivity index (χ0n) is 26.7. The van der Waals surface area contributed by atoms with Crippen molar-refractivity contribution in [3.63, 3.8) is 0 Å². The summed E-state index contributed by atoms with van der Waals surface area (Å²) in [6.07, 6.45) is -11.1. The van der Waals surface area contributed by atoms with Crippen molar-refractivity contribution in [1.82, 2.24) is 5.32 Å². The molecule has 1 saturated carbocycles. The minimum absolute atomic E-state index is 0.0603. The molecule has 2 aliphatic heterocycles. The Morgan fingerprint density at radius 2 is 1.64 bits per heavy atom. The Kier molecular flexibility index (Phi) is 13.3. The third kappa shape index (κ3) is 9.41. The molecule has 0 aromatic carbocycles. The summed E-state index contributed by atoms with van der Waals surface area (Å²) in [5.74, 6) is -4.30. The van der Waals surface area contributed by atoms with Crippen molar-refractivity contribution in [2.24, 2.45) is 29.2 Å². The summed E-state index contributed by atoms with van der Waals surface area (Å²) in [5.41, 5.74) is 11.9. The second-order valence-corrected chi connectivity index (χ2v) is 13.7. The van der Waals surface area contributed by atoms with Gasteiger partial charge in [-0.2, -0.15) is 0 Å². The van der Waals surface area contributed by atoms with Gasteiger partial charge in [0.05, 0.1) is 60.7 Å². The van der Waals surface area contributed by atoms with Gasteiger partial charge in [-0.25, -0.2) is 0 Å². The molecule has 16 atom stereocenters. The van der Waals surface area contributed by atoms with Crippen LogP contribution in [0.15, 0.2) is 12.2 Å². The van der Waals surface area contributed by atoms with Gasteiger partial charge in [0, 0.05) is 25.3 Å². The summed E-state index contributed by atoms with van der Waals surface area (Å²) in [4.78, 5) is 13.7. The van der Waals surface area contributed by atoms with E-state index in [4.69, 9.17) is 25.7 Å². The Morgan fingerprint density at radius 1 is 1.00 bits per heavy atom. The number of carbonyl (C=O) groups excluding carboxylic acids is 1. The summed E-state index contributed by atoms with van der Waals surface area (Å²) in [6, 6.07) is -3.06. The Morgan fingerprint density at radius 3 is 2.24 bits per heavy atom. The van der Waals surface area contributed by atoms with Crippen LogP contribution in [0.4, 0.5) is 0 Å². The van der Waals surface area contributed by atoms with Crippen LogP contribution in [0.25, 0.3) is 0 Å². The summed E-state index contributed by atoms with van der Waals surface area (Å²) < 4.78 is 17.9. The van der Waals surface area contributed by atoms with Gasteiger partial charge in [-0.15, -0.1) is 0 Å². The average molecular weight is 650 g/mol. The zero-order chi connectivity index (χ0) is 34.0. The molecule has 0 spiro atoms. The van der Waals surface area contributed by atoms with Crippen LogP contribution in [0.2, 0.25) is 0 Å². The van der Waals surface area contributed by atoms with Crippen LogP contribution in [0.1, 0.15) is 60.3 Å². The highest BCUT2D eigenvalue weighted by molar-refractivity contribution is 5.80. The number of carbonyl (C=O) groups is 1. The smallest absolute Gasteiger partial charge is 0.228 e. The van der Waals surface area contributed by atoms with Crippen LogP contribution >= 0.6 is 0 Å². The number of aliphatic hydroxyl groups excluding tert-OH is 7. The molecule has 2 heterocycles. The van der Waals surface area contributed by atoms with Crippen LogP contribution in [-0.4, -0.2) is 138 Å². The van der Waals surface area contributed by atoms with E-state index in [0.717, 1.165) is 0 Å². The van der Waals surface area contributed by atoms with Gasteiger partial charge in [-0.1, -0.05) is 39.8 Å². The van der Waals surface area contributed by atoms with E-state index in [9.17, 15) is 45.6 Å². The van der Waals surface area contributed by atoms with Gasteiger partial charge in [-0.05, 0) is 25.2 Å². The lowest BCUT2D eigenvalue weighted by atomic mass is 9.80. The first-order valence-electron chi connectivity index (χ1n) is 15.8. The minimum atomic E-state index is -2.02. The van der Waals surface area contributed by atoms with Gasteiger partial charge in [0.25, 0.3) is 0 Å². The summed E-state index contributed by atoms with van der Waals surface area (Å²) in [7, 11) is 0. The highest BCUT2D eigenvalue weighted by atomic mass is 16.7. The molecule has 262 valence electrons. The maximum Gasteiger partial charge on any atom is 0.228 e. The minimum Gasteiger partial charge on any atom is -0.393 e. The monoisotopic (exact) mass is 649 g/mol. The molecule has 13 N–H and O–H groups in total. The first-order chi connectivity index (χ1) is 20.8. The quantitative estimate of drug-likeness (QED) is 0.0992. The Hall–Kier alpha value is -1.31. The van der Waals surface area contributed by atoms with Crippen molar-refractivity contribution in [2.75, 3.05) is 0 Å². The molecule has 1 amide bonds. The van der Waals surface area contributed by atoms with E-state index in [0.29, 0.717) is 0 Å². The van der Waals surface area contributed by atoms with E-state index in [1.165, 1.54) is 0 Å². The largest absolute Gasteiger partial charge is 0.393 e. The Balaban J connectivity index is 1.92. The standard InChI is InChI=1S/C30H55N3O12/c1-12(2)6-7-15(44-29-26(39)22(32)23(36)14(5)43-29)8-20-21(19(35)11-30(42,45-20)10-18(34)13(3)4)28(41)33-17-9-16(31)24(37)27(40)25(17)38/h6-7,12-27,29,34-40,42H,8-11,31-32H2,1-5H3,(H,33,41)/b7-6+/t14?,15-,16?,17?,18+,19-,20?,21+,22?,23?,24?,25?,26?,27?,29?,30+/m0/s1. The number of amides is 1. The fraction of sp³-hybridized carbons (Fsp3) is 0.900. The van der Waals surface area contributed by atoms with Gasteiger partial charge in [0.2, 0.25) is 5.91 Å². The molecule has 0 aromatic rings. The Bertz CT molecular complexity index is 990. The van der Waals surface area contributed by atoms with Crippen LogP contribution in [0, 0.1) is 17.8 Å². The number of hydrogen-bond donors (Lipinski definition) is 11. The maximum absolute atomic E-state index is 13.7. The van der Waals surface area contributed by atoms with E-state index in [-0.39, 0.29) is 31.1 Å². The SMILES string of the molecule is CC(C)/C=C/[C@@H](CC1O[C@](O)(C[C@@H](O)C(C)C)C[C@H](O)[C@H]1C(=O)NC1CC(N)C(O)C(O)C1O)OC1OC(C)C(O)C(N)C1O. The molecule has 2 saturated heterocycles. The van der Waals surface area contributed by atoms with E-state index in [1.807, 2.05) is 19.9 Å². The lowest BCUT2D eigenvalue weighted by Gasteiger charge is -2.47. The van der Waals surface area contributed by atoms with E-state index >= 15 is 0 Å². The molecule has 0 bridgehead atoms. The number of rotatable bonds is 11. The molecule has 3 aliphatic rings. The highest BCUT2D eigenvalue weighted by Gasteiger charge is 2.52. The predicted molar refractivity (Wildman–Crippen MR) is 160 cm³/mol. The van der Waals surface area contributed by atoms with Crippen molar-refractivity contribution in [2.45, 2.75) is 152 Å². The first-order valence-corrected chi connectivity index (χ1v) is 15.8. The lowest BCUT2D eigenvalue weighted by Crippen LogP contribution is -2.65. The molecule has 45 heavy (non-hydrogen) atoms. The zero-order valence-corrected chi connectivity index (χ0v) is 26.7. The van der Waals surface area contributed by atoms with Crippen LogP contribution < -0.4 is 16.8 Å². The second kappa shape index (κ2) is 15.7. The molecular weight excluding hydrogens is 594 g/mol.